The van der Waals surface area contributed by atoms with Crippen LogP contribution in [0.2, 0.25) is 0 Å². The number of halogens is 1. The Balaban J connectivity index is 3.24. The van der Waals surface area contributed by atoms with E-state index in [1.807, 2.05) is 33.8 Å². The average molecular weight is 246 g/mol. The van der Waals surface area contributed by atoms with Gasteiger partial charge in [-0.3, -0.25) is 4.89 Å². The van der Waals surface area contributed by atoms with Gasteiger partial charge in [-0.2, -0.15) is 0 Å². The lowest BCUT2D eigenvalue weighted by Gasteiger charge is -2.23. The second-order valence-corrected chi connectivity index (χ2v) is 5.88. The van der Waals surface area contributed by atoms with Crippen LogP contribution in [0.15, 0.2) is 18.2 Å². The van der Waals surface area contributed by atoms with Gasteiger partial charge in [0, 0.05) is 5.56 Å². The zero-order valence-corrected chi connectivity index (χ0v) is 10.7. The summed E-state index contributed by atoms with van der Waals surface area (Å²) in [6.07, 6.45) is 0. The molecule has 0 amide bonds. The van der Waals surface area contributed by atoms with E-state index < -0.39 is 7.91 Å². The van der Waals surface area contributed by atoms with Gasteiger partial charge in [0.25, 0.3) is 0 Å². The Morgan fingerprint density at radius 1 is 1.38 bits per heavy atom. The van der Waals surface area contributed by atoms with Gasteiger partial charge in [-0.1, -0.05) is 38.5 Å². The highest BCUT2D eigenvalue weighted by atomic mass is 31.2. The van der Waals surface area contributed by atoms with E-state index in [1.165, 1.54) is 6.07 Å². The zero-order chi connectivity index (χ0) is 12.6. The Kier molecular flexibility index (Phi) is 3.46. The standard InChI is InChI=1S/C11H16FO3P/c1-8-5-6-10(15-16(12,13)14)9(7-8)11(2,3)4/h5-7H,1-4H3,(H,13,14). The molecule has 5 heteroatoms. The van der Waals surface area contributed by atoms with Crippen LogP contribution in [0.5, 0.6) is 5.75 Å². The van der Waals surface area contributed by atoms with Crippen LogP contribution in [0.4, 0.5) is 4.20 Å². The highest BCUT2D eigenvalue weighted by molar-refractivity contribution is 7.47. The molecule has 90 valence electrons. The summed E-state index contributed by atoms with van der Waals surface area (Å²) < 4.78 is 27.7. The van der Waals surface area contributed by atoms with Crippen molar-refractivity contribution in [3.63, 3.8) is 0 Å². The van der Waals surface area contributed by atoms with Crippen LogP contribution in [0.1, 0.15) is 31.9 Å². The summed E-state index contributed by atoms with van der Waals surface area (Å²) in [5.74, 6) is 0.117. The molecule has 0 saturated heterocycles. The third kappa shape index (κ3) is 3.62. The summed E-state index contributed by atoms with van der Waals surface area (Å²) in [6.45, 7) is 7.67. The van der Waals surface area contributed by atoms with Crippen molar-refractivity contribution >= 4 is 7.91 Å². The van der Waals surface area contributed by atoms with Gasteiger partial charge < -0.3 is 4.52 Å². The molecule has 0 saturated carbocycles. The van der Waals surface area contributed by atoms with E-state index in [0.29, 0.717) is 5.56 Å². The van der Waals surface area contributed by atoms with E-state index in [4.69, 9.17) is 4.89 Å². The maximum atomic E-state index is 12.6. The molecule has 1 rings (SSSR count). The molecule has 0 aliphatic heterocycles. The van der Waals surface area contributed by atoms with Crippen LogP contribution in [0.25, 0.3) is 0 Å². The number of rotatable bonds is 2. The molecule has 1 aromatic carbocycles. The summed E-state index contributed by atoms with van der Waals surface area (Å²) in [5, 5.41) is 0. The Hall–Kier alpha value is -0.860. The summed E-state index contributed by atoms with van der Waals surface area (Å²) in [5.41, 5.74) is 1.42. The highest BCUT2D eigenvalue weighted by Gasteiger charge is 2.25. The van der Waals surface area contributed by atoms with E-state index in [9.17, 15) is 8.76 Å². The van der Waals surface area contributed by atoms with Crippen molar-refractivity contribution in [1.29, 1.82) is 0 Å². The van der Waals surface area contributed by atoms with Crippen LogP contribution < -0.4 is 4.52 Å². The lowest BCUT2D eigenvalue weighted by Crippen LogP contribution is -2.13. The van der Waals surface area contributed by atoms with Gasteiger partial charge in [0.2, 0.25) is 0 Å². The summed E-state index contributed by atoms with van der Waals surface area (Å²) in [4.78, 5) is 8.60. The van der Waals surface area contributed by atoms with Crippen molar-refractivity contribution in [1.82, 2.24) is 0 Å². The van der Waals surface area contributed by atoms with Gasteiger partial charge in [-0.25, -0.2) is 4.57 Å². The van der Waals surface area contributed by atoms with Gasteiger partial charge in [0.05, 0.1) is 0 Å². The molecule has 0 spiro atoms. The molecule has 0 fully saturated rings. The lowest BCUT2D eigenvalue weighted by molar-refractivity contribution is 0.326. The van der Waals surface area contributed by atoms with E-state index in [-0.39, 0.29) is 11.2 Å². The second kappa shape index (κ2) is 4.19. The van der Waals surface area contributed by atoms with Crippen LogP contribution in [0, 0.1) is 6.92 Å². The number of hydrogen-bond donors (Lipinski definition) is 1. The Morgan fingerprint density at radius 3 is 2.38 bits per heavy atom. The van der Waals surface area contributed by atoms with Gasteiger partial charge in [-0.05, 0) is 18.4 Å². The van der Waals surface area contributed by atoms with E-state index in [2.05, 4.69) is 4.52 Å². The second-order valence-electron chi connectivity index (χ2n) is 4.79. The minimum Gasteiger partial charge on any atom is -0.401 e. The summed E-state index contributed by atoms with van der Waals surface area (Å²) in [7, 11) is -5.00. The summed E-state index contributed by atoms with van der Waals surface area (Å²) in [6, 6.07) is 5.05. The first-order chi connectivity index (χ1) is 7.09. The SMILES string of the molecule is Cc1ccc(OP(=O)(O)F)c(C(C)(C)C)c1. The largest absolute Gasteiger partial charge is 0.567 e. The van der Waals surface area contributed by atoms with Crippen molar-refractivity contribution in [2.24, 2.45) is 0 Å². The molecule has 0 aliphatic rings. The lowest BCUT2D eigenvalue weighted by atomic mass is 9.85. The Labute approximate surface area is 94.9 Å². The van der Waals surface area contributed by atoms with Gasteiger partial charge in [0.15, 0.2) is 0 Å². The minimum absolute atomic E-state index is 0.117. The normalized spacial score (nSPS) is 15.6. The van der Waals surface area contributed by atoms with Gasteiger partial charge >= 0.3 is 7.91 Å². The van der Waals surface area contributed by atoms with E-state index >= 15 is 0 Å². The quantitative estimate of drug-likeness (QED) is 0.808. The maximum absolute atomic E-state index is 12.6. The fourth-order valence-corrected chi connectivity index (χ4v) is 1.83. The molecular formula is C11H16FO3P. The van der Waals surface area contributed by atoms with Gasteiger partial charge in [0.1, 0.15) is 5.75 Å². The zero-order valence-electron chi connectivity index (χ0n) is 9.82. The topological polar surface area (TPSA) is 46.5 Å². The van der Waals surface area contributed by atoms with Crippen molar-refractivity contribution < 1.29 is 18.2 Å². The molecule has 0 radical (unpaired) electrons. The third-order valence-corrected chi connectivity index (χ3v) is 2.58. The molecule has 0 heterocycles. The number of hydrogen-bond acceptors (Lipinski definition) is 2. The molecule has 1 N–H and O–H groups in total. The number of benzene rings is 1. The molecule has 1 aromatic rings. The first kappa shape index (κ1) is 13.2. The highest BCUT2D eigenvalue weighted by Crippen LogP contribution is 2.46. The van der Waals surface area contributed by atoms with Crippen LogP contribution in [0.3, 0.4) is 0 Å². The molecule has 1 atom stereocenters. The Bertz CT molecular complexity index is 431. The maximum Gasteiger partial charge on any atom is 0.567 e. The van der Waals surface area contributed by atoms with Crippen molar-refractivity contribution in [3.8, 4) is 5.75 Å². The first-order valence-electron chi connectivity index (χ1n) is 4.93. The molecule has 0 aromatic heterocycles. The fourth-order valence-electron chi connectivity index (χ4n) is 1.43. The Morgan fingerprint density at radius 2 is 1.94 bits per heavy atom. The van der Waals surface area contributed by atoms with Crippen molar-refractivity contribution in [2.75, 3.05) is 0 Å². The van der Waals surface area contributed by atoms with Gasteiger partial charge in [-0.15, -0.1) is 4.20 Å². The van der Waals surface area contributed by atoms with Crippen LogP contribution in [-0.4, -0.2) is 4.89 Å². The minimum atomic E-state index is -5.00. The van der Waals surface area contributed by atoms with Crippen LogP contribution >= 0.6 is 7.91 Å². The number of aryl methyl sites for hydroxylation is 1. The third-order valence-electron chi connectivity index (χ3n) is 2.15. The predicted molar refractivity (Wildman–Crippen MR) is 61.4 cm³/mol. The summed E-state index contributed by atoms with van der Waals surface area (Å²) >= 11 is 0. The molecular weight excluding hydrogens is 230 g/mol. The van der Waals surface area contributed by atoms with Crippen LogP contribution in [-0.2, 0) is 9.98 Å². The first-order valence-corrected chi connectivity index (χ1v) is 6.39. The molecule has 1 unspecified atom stereocenters. The fraction of sp³-hybridized carbons (Fsp3) is 0.455. The van der Waals surface area contributed by atoms with E-state index in [1.54, 1.807) is 6.07 Å². The molecule has 0 aliphatic carbocycles. The van der Waals surface area contributed by atoms with Crippen molar-refractivity contribution in [3.05, 3.63) is 29.3 Å². The average Bonchev–Trinajstić information content (AvgIpc) is 2.04. The van der Waals surface area contributed by atoms with E-state index in [0.717, 1.165) is 5.56 Å². The predicted octanol–water partition coefficient (Wildman–Crippen LogP) is 3.74. The molecule has 0 bridgehead atoms. The monoisotopic (exact) mass is 246 g/mol. The molecule has 16 heavy (non-hydrogen) atoms. The van der Waals surface area contributed by atoms with Crippen molar-refractivity contribution in [2.45, 2.75) is 33.1 Å². The molecule has 3 nitrogen and oxygen atoms in total. The smallest absolute Gasteiger partial charge is 0.401 e.